The Kier molecular flexibility index (Phi) is 4.34. The van der Waals surface area contributed by atoms with Crippen LogP contribution >= 0.6 is 11.8 Å². The summed E-state index contributed by atoms with van der Waals surface area (Å²) in [6.45, 7) is 1.71. The largest absolute Gasteiger partial charge is 0.293 e. The number of nitrogens with zero attached hydrogens (tertiary/aromatic N) is 2. The van der Waals surface area contributed by atoms with E-state index in [-0.39, 0.29) is 11.3 Å². The lowest BCUT2D eigenvalue weighted by Gasteiger charge is -2.11. The first-order valence-corrected chi connectivity index (χ1v) is 7.80. The molecule has 0 aliphatic carbocycles. The lowest BCUT2D eigenvalue weighted by atomic mass is 10.1. The average molecular weight is 330 g/mol. The van der Waals surface area contributed by atoms with Crippen molar-refractivity contribution in [1.82, 2.24) is 9.97 Å². The molecule has 0 bridgehead atoms. The summed E-state index contributed by atoms with van der Waals surface area (Å²) in [6, 6.07) is 10.7. The van der Waals surface area contributed by atoms with E-state index in [2.05, 4.69) is 9.97 Å². The fraction of sp³-hybridized carbons (Fsp3) is 0.118. The molecular formula is C17H12F2N2OS. The van der Waals surface area contributed by atoms with E-state index in [4.69, 9.17) is 0 Å². The maximum absolute atomic E-state index is 13.3. The second kappa shape index (κ2) is 6.42. The molecule has 1 atom stereocenters. The zero-order valence-corrected chi connectivity index (χ0v) is 13.0. The minimum absolute atomic E-state index is 0.141. The zero-order chi connectivity index (χ0) is 16.4. The van der Waals surface area contributed by atoms with E-state index >= 15 is 0 Å². The van der Waals surface area contributed by atoms with Crippen LogP contribution in [0.2, 0.25) is 0 Å². The lowest BCUT2D eigenvalue weighted by Crippen LogP contribution is -2.14. The maximum atomic E-state index is 13.3. The van der Waals surface area contributed by atoms with Crippen molar-refractivity contribution in [2.45, 2.75) is 17.2 Å². The predicted octanol–water partition coefficient (Wildman–Crippen LogP) is 4.27. The van der Waals surface area contributed by atoms with Gasteiger partial charge in [0.05, 0.1) is 10.8 Å². The van der Waals surface area contributed by atoms with E-state index in [0.29, 0.717) is 5.03 Å². The second-order valence-corrected chi connectivity index (χ2v) is 6.28. The molecule has 3 nitrogen and oxygen atoms in total. The van der Waals surface area contributed by atoms with Crippen molar-refractivity contribution in [2.75, 3.05) is 0 Å². The molecule has 0 aliphatic rings. The SMILES string of the molecule is C[C@H](Sc1ncnc2ccccc12)C(=O)c1ccc(F)c(F)c1. The van der Waals surface area contributed by atoms with E-state index in [1.807, 2.05) is 24.3 Å². The molecule has 2 aromatic carbocycles. The van der Waals surface area contributed by atoms with Crippen LogP contribution in [0.3, 0.4) is 0 Å². The van der Waals surface area contributed by atoms with Crippen LogP contribution in [0.1, 0.15) is 17.3 Å². The number of halogens is 2. The first-order chi connectivity index (χ1) is 11.1. The van der Waals surface area contributed by atoms with Crippen LogP contribution in [0, 0.1) is 11.6 Å². The van der Waals surface area contributed by atoms with Crippen LogP contribution in [0.25, 0.3) is 10.9 Å². The fourth-order valence-corrected chi connectivity index (χ4v) is 3.16. The number of aromatic nitrogens is 2. The summed E-state index contributed by atoms with van der Waals surface area (Å²) in [5, 5.41) is 1.04. The molecule has 1 heterocycles. The van der Waals surface area contributed by atoms with Gasteiger partial charge >= 0.3 is 0 Å². The predicted molar refractivity (Wildman–Crippen MR) is 85.5 cm³/mol. The minimum Gasteiger partial charge on any atom is -0.293 e. The highest BCUT2D eigenvalue weighted by molar-refractivity contribution is 8.00. The third kappa shape index (κ3) is 3.22. The Hall–Kier alpha value is -2.34. The molecule has 0 saturated carbocycles. The number of thioether (sulfide) groups is 1. The number of fused-ring (bicyclic) bond motifs is 1. The van der Waals surface area contributed by atoms with Gasteiger partial charge in [-0.25, -0.2) is 18.7 Å². The lowest BCUT2D eigenvalue weighted by molar-refractivity contribution is 0.0993. The standard InChI is InChI=1S/C17H12F2N2OS/c1-10(16(22)11-6-7-13(18)14(19)8-11)23-17-12-4-2-3-5-15(12)20-9-21-17/h2-10H,1H3/t10-/m0/s1. The minimum atomic E-state index is -1.03. The number of carbonyl (C=O) groups is 1. The summed E-state index contributed by atoms with van der Waals surface area (Å²) in [7, 11) is 0. The summed E-state index contributed by atoms with van der Waals surface area (Å²) in [4.78, 5) is 20.8. The molecule has 0 aliphatic heterocycles. The quantitative estimate of drug-likeness (QED) is 0.407. The van der Waals surface area contributed by atoms with Crippen molar-refractivity contribution in [3.63, 3.8) is 0 Å². The van der Waals surface area contributed by atoms with Crippen LogP contribution in [0.15, 0.2) is 53.8 Å². The molecule has 23 heavy (non-hydrogen) atoms. The number of Topliss-reactive ketones (excluding diaryl/α,β-unsaturated/α-hetero) is 1. The molecule has 6 heteroatoms. The van der Waals surface area contributed by atoms with E-state index in [9.17, 15) is 13.6 Å². The Balaban J connectivity index is 1.86. The van der Waals surface area contributed by atoms with Gasteiger partial charge in [-0.1, -0.05) is 30.0 Å². The van der Waals surface area contributed by atoms with Crippen LogP contribution in [-0.4, -0.2) is 21.0 Å². The molecule has 1 aromatic heterocycles. The van der Waals surface area contributed by atoms with Crippen molar-refractivity contribution in [1.29, 1.82) is 0 Å². The summed E-state index contributed by atoms with van der Waals surface area (Å²) in [6.07, 6.45) is 1.44. The molecule has 0 spiro atoms. The maximum Gasteiger partial charge on any atom is 0.176 e. The van der Waals surface area contributed by atoms with E-state index in [1.54, 1.807) is 6.92 Å². The normalized spacial score (nSPS) is 12.3. The van der Waals surface area contributed by atoms with Crippen molar-refractivity contribution in [2.24, 2.45) is 0 Å². The highest BCUT2D eigenvalue weighted by atomic mass is 32.2. The van der Waals surface area contributed by atoms with Crippen LogP contribution in [0.4, 0.5) is 8.78 Å². The summed E-state index contributed by atoms with van der Waals surface area (Å²) in [5.74, 6) is -2.28. The van der Waals surface area contributed by atoms with Gasteiger partial charge in [0.25, 0.3) is 0 Å². The summed E-state index contributed by atoms with van der Waals surface area (Å²) in [5.41, 5.74) is 0.930. The van der Waals surface area contributed by atoms with Crippen molar-refractivity contribution < 1.29 is 13.6 Å². The Morgan fingerprint density at radius 1 is 1.09 bits per heavy atom. The van der Waals surface area contributed by atoms with Crippen LogP contribution in [0.5, 0.6) is 0 Å². The van der Waals surface area contributed by atoms with Gasteiger partial charge in [-0.05, 0) is 31.2 Å². The van der Waals surface area contributed by atoms with Gasteiger partial charge < -0.3 is 0 Å². The van der Waals surface area contributed by atoms with Crippen molar-refractivity contribution in [3.8, 4) is 0 Å². The molecule has 0 saturated heterocycles. The number of hydrogen-bond donors (Lipinski definition) is 0. The van der Waals surface area contributed by atoms with Crippen molar-refractivity contribution in [3.05, 3.63) is 66.0 Å². The Morgan fingerprint density at radius 2 is 1.87 bits per heavy atom. The summed E-state index contributed by atoms with van der Waals surface area (Å²) >= 11 is 1.27. The monoisotopic (exact) mass is 330 g/mol. The van der Waals surface area contributed by atoms with Gasteiger partial charge in [0, 0.05) is 10.9 Å². The van der Waals surface area contributed by atoms with Gasteiger partial charge in [-0.15, -0.1) is 0 Å². The van der Waals surface area contributed by atoms with E-state index < -0.39 is 16.9 Å². The number of carbonyl (C=O) groups excluding carboxylic acids is 1. The van der Waals surface area contributed by atoms with Crippen molar-refractivity contribution >= 4 is 28.4 Å². The highest BCUT2D eigenvalue weighted by Crippen LogP contribution is 2.29. The van der Waals surface area contributed by atoms with Gasteiger partial charge in [-0.3, -0.25) is 4.79 Å². The Morgan fingerprint density at radius 3 is 2.65 bits per heavy atom. The van der Waals surface area contributed by atoms with Crippen LogP contribution in [-0.2, 0) is 0 Å². The van der Waals surface area contributed by atoms with Gasteiger partial charge in [-0.2, -0.15) is 0 Å². The first-order valence-electron chi connectivity index (χ1n) is 6.92. The van der Waals surface area contributed by atoms with Crippen LogP contribution < -0.4 is 0 Å². The molecule has 3 aromatic rings. The molecule has 3 rings (SSSR count). The molecular weight excluding hydrogens is 318 g/mol. The number of hydrogen-bond acceptors (Lipinski definition) is 4. The molecule has 0 unspecified atom stereocenters. The third-order valence-corrected chi connectivity index (χ3v) is 4.48. The third-order valence-electron chi connectivity index (χ3n) is 3.37. The molecule has 0 fully saturated rings. The topological polar surface area (TPSA) is 42.9 Å². The van der Waals surface area contributed by atoms with E-state index in [0.717, 1.165) is 23.0 Å². The smallest absolute Gasteiger partial charge is 0.176 e. The number of benzene rings is 2. The first kappa shape index (κ1) is 15.6. The Bertz CT molecular complexity index is 880. The van der Waals surface area contributed by atoms with Gasteiger partial charge in [0.2, 0.25) is 0 Å². The zero-order valence-electron chi connectivity index (χ0n) is 12.2. The molecule has 0 amide bonds. The van der Waals surface area contributed by atoms with Gasteiger partial charge in [0.1, 0.15) is 11.4 Å². The molecule has 0 radical (unpaired) electrons. The number of para-hydroxylation sites is 1. The average Bonchev–Trinajstić information content (AvgIpc) is 2.57. The number of ketones is 1. The second-order valence-electron chi connectivity index (χ2n) is 4.95. The summed E-state index contributed by atoms with van der Waals surface area (Å²) < 4.78 is 26.3. The molecule has 0 N–H and O–H groups in total. The Labute approximate surface area is 135 Å². The van der Waals surface area contributed by atoms with E-state index in [1.165, 1.54) is 24.2 Å². The molecule has 116 valence electrons. The number of rotatable bonds is 4. The fourth-order valence-electron chi connectivity index (χ4n) is 2.18. The van der Waals surface area contributed by atoms with Gasteiger partial charge in [0.15, 0.2) is 17.4 Å². The highest BCUT2D eigenvalue weighted by Gasteiger charge is 2.19.